The number of fused-ring (bicyclic) bond motifs is 1. The van der Waals surface area contributed by atoms with Crippen LogP contribution in [0.15, 0.2) is 47.4 Å². The molecule has 2 aromatic rings. The first-order valence-electron chi connectivity index (χ1n) is 8.11. The van der Waals surface area contributed by atoms with Crippen LogP contribution in [0.3, 0.4) is 0 Å². The number of nitrogens with zero attached hydrogens (tertiary/aromatic N) is 1. The molecule has 1 N–H and O–H groups in total. The molecule has 5 nitrogen and oxygen atoms in total. The molecule has 0 saturated carbocycles. The summed E-state index contributed by atoms with van der Waals surface area (Å²) in [5.74, 6) is 1.49. The van der Waals surface area contributed by atoms with Gasteiger partial charge in [-0.2, -0.15) is 0 Å². The minimum atomic E-state index is 0.000834. The molecule has 0 bridgehead atoms. The van der Waals surface area contributed by atoms with E-state index in [0.29, 0.717) is 13.1 Å². The molecule has 25 heavy (non-hydrogen) atoms. The Hall–Kier alpha value is -2.18. The summed E-state index contributed by atoms with van der Waals surface area (Å²) in [6.45, 7) is 1.83. The molecule has 0 aliphatic carbocycles. The number of nitrogens with one attached hydrogen (secondary N) is 1. The minimum absolute atomic E-state index is 0.000834. The molecule has 132 valence electrons. The SMILES string of the molecule is CSc1ccc(CN(C)CC(=O)NCc2ccc3c(c2)OCO3)cc1. The third-order valence-corrected chi connectivity index (χ3v) is 4.70. The summed E-state index contributed by atoms with van der Waals surface area (Å²) >= 11 is 1.72. The zero-order valence-electron chi connectivity index (χ0n) is 14.5. The lowest BCUT2D eigenvalue weighted by molar-refractivity contribution is -0.122. The van der Waals surface area contributed by atoms with Crippen molar-refractivity contribution in [3.8, 4) is 11.5 Å². The van der Waals surface area contributed by atoms with Crippen molar-refractivity contribution in [1.82, 2.24) is 10.2 Å². The van der Waals surface area contributed by atoms with Gasteiger partial charge < -0.3 is 14.8 Å². The maximum absolute atomic E-state index is 12.1. The Morgan fingerprint density at radius 3 is 2.60 bits per heavy atom. The molecule has 0 unspecified atom stereocenters. The fraction of sp³-hybridized carbons (Fsp3) is 0.316. The van der Waals surface area contributed by atoms with Crippen molar-refractivity contribution in [3.05, 3.63) is 53.6 Å². The topological polar surface area (TPSA) is 50.8 Å². The smallest absolute Gasteiger partial charge is 0.234 e. The van der Waals surface area contributed by atoms with Crippen molar-refractivity contribution in [2.24, 2.45) is 0 Å². The average molecular weight is 358 g/mol. The second-order valence-electron chi connectivity index (χ2n) is 5.98. The Bertz CT molecular complexity index is 734. The van der Waals surface area contributed by atoms with Gasteiger partial charge in [0.1, 0.15) is 0 Å². The number of amides is 1. The molecule has 2 aromatic carbocycles. The van der Waals surface area contributed by atoms with Gasteiger partial charge in [0, 0.05) is 18.0 Å². The number of carbonyl (C=O) groups is 1. The van der Waals surface area contributed by atoms with E-state index in [-0.39, 0.29) is 12.7 Å². The summed E-state index contributed by atoms with van der Waals surface area (Å²) in [7, 11) is 1.95. The van der Waals surface area contributed by atoms with E-state index in [1.54, 1.807) is 11.8 Å². The van der Waals surface area contributed by atoms with Crippen molar-refractivity contribution in [3.63, 3.8) is 0 Å². The van der Waals surface area contributed by atoms with E-state index in [0.717, 1.165) is 23.6 Å². The highest BCUT2D eigenvalue weighted by atomic mass is 32.2. The third-order valence-electron chi connectivity index (χ3n) is 3.95. The highest BCUT2D eigenvalue weighted by Gasteiger charge is 2.13. The van der Waals surface area contributed by atoms with E-state index in [4.69, 9.17) is 9.47 Å². The largest absolute Gasteiger partial charge is 0.454 e. The number of rotatable bonds is 7. The summed E-state index contributed by atoms with van der Waals surface area (Å²) < 4.78 is 10.6. The molecule has 0 aromatic heterocycles. The quantitative estimate of drug-likeness (QED) is 0.772. The van der Waals surface area contributed by atoms with Crippen molar-refractivity contribution < 1.29 is 14.3 Å². The second-order valence-corrected chi connectivity index (χ2v) is 6.86. The first-order valence-corrected chi connectivity index (χ1v) is 9.33. The minimum Gasteiger partial charge on any atom is -0.454 e. The standard InChI is InChI=1S/C19H22N2O3S/c1-21(11-14-3-6-16(25-2)7-4-14)12-19(22)20-10-15-5-8-17-18(9-15)24-13-23-17/h3-9H,10-13H2,1-2H3,(H,20,22). The Morgan fingerprint density at radius 1 is 1.12 bits per heavy atom. The van der Waals surface area contributed by atoms with Crippen LogP contribution in [0.2, 0.25) is 0 Å². The molecule has 0 spiro atoms. The number of carbonyl (C=O) groups excluding carboxylic acids is 1. The van der Waals surface area contributed by atoms with Gasteiger partial charge in [-0.05, 0) is 48.7 Å². The van der Waals surface area contributed by atoms with Crippen molar-refractivity contribution in [2.75, 3.05) is 26.6 Å². The van der Waals surface area contributed by atoms with Gasteiger partial charge in [-0.15, -0.1) is 11.8 Å². The Morgan fingerprint density at radius 2 is 1.84 bits per heavy atom. The van der Waals surface area contributed by atoms with Gasteiger partial charge in [0.05, 0.1) is 6.54 Å². The summed E-state index contributed by atoms with van der Waals surface area (Å²) in [6, 6.07) is 14.1. The highest BCUT2D eigenvalue weighted by Crippen LogP contribution is 2.32. The predicted octanol–water partition coefficient (Wildman–Crippen LogP) is 2.89. The number of benzene rings is 2. The molecule has 1 heterocycles. The van der Waals surface area contributed by atoms with Gasteiger partial charge >= 0.3 is 0 Å². The molecule has 0 saturated heterocycles. The molecule has 1 aliphatic rings. The third kappa shape index (κ3) is 4.90. The van der Waals surface area contributed by atoms with Gasteiger partial charge in [0.2, 0.25) is 12.7 Å². The maximum Gasteiger partial charge on any atom is 0.234 e. The van der Waals surface area contributed by atoms with Crippen molar-refractivity contribution >= 4 is 17.7 Å². The van der Waals surface area contributed by atoms with Crippen LogP contribution in [-0.4, -0.2) is 37.4 Å². The number of hydrogen-bond donors (Lipinski definition) is 1. The molecule has 0 radical (unpaired) electrons. The van der Waals surface area contributed by atoms with Crippen LogP contribution in [0, 0.1) is 0 Å². The van der Waals surface area contributed by atoms with Crippen LogP contribution in [0.1, 0.15) is 11.1 Å². The lowest BCUT2D eigenvalue weighted by atomic mass is 10.2. The maximum atomic E-state index is 12.1. The van der Waals surface area contributed by atoms with Gasteiger partial charge in [-0.3, -0.25) is 9.69 Å². The van der Waals surface area contributed by atoms with E-state index < -0.39 is 0 Å². The van der Waals surface area contributed by atoms with E-state index in [1.807, 2.05) is 30.1 Å². The second kappa shape index (κ2) is 8.27. The number of hydrogen-bond acceptors (Lipinski definition) is 5. The van der Waals surface area contributed by atoms with E-state index in [2.05, 4.69) is 35.8 Å². The summed E-state index contributed by atoms with van der Waals surface area (Å²) in [5.41, 5.74) is 2.19. The van der Waals surface area contributed by atoms with E-state index >= 15 is 0 Å². The fourth-order valence-corrected chi connectivity index (χ4v) is 3.06. The van der Waals surface area contributed by atoms with E-state index in [9.17, 15) is 4.79 Å². The summed E-state index contributed by atoms with van der Waals surface area (Å²) in [4.78, 5) is 15.4. The molecule has 1 aliphatic heterocycles. The van der Waals surface area contributed by atoms with Crippen LogP contribution in [0.4, 0.5) is 0 Å². The zero-order valence-corrected chi connectivity index (χ0v) is 15.3. The number of thioether (sulfide) groups is 1. The number of likely N-dealkylation sites (N-methyl/N-ethyl adjacent to an activating group) is 1. The normalized spacial score (nSPS) is 12.4. The molecular formula is C19H22N2O3S. The molecular weight excluding hydrogens is 336 g/mol. The molecule has 6 heteroatoms. The lowest BCUT2D eigenvalue weighted by Crippen LogP contribution is -2.34. The molecule has 0 fully saturated rings. The summed E-state index contributed by atoms with van der Waals surface area (Å²) in [6.07, 6.45) is 2.06. The van der Waals surface area contributed by atoms with Gasteiger partial charge in [-0.25, -0.2) is 0 Å². The average Bonchev–Trinajstić information content (AvgIpc) is 3.08. The number of ether oxygens (including phenoxy) is 2. The first-order chi connectivity index (χ1) is 12.1. The lowest BCUT2D eigenvalue weighted by Gasteiger charge is -2.16. The van der Waals surface area contributed by atoms with E-state index in [1.165, 1.54) is 10.5 Å². The van der Waals surface area contributed by atoms with Crippen LogP contribution in [0.5, 0.6) is 11.5 Å². The predicted molar refractivity (Wildman–Crippen MR) is 99.0 cm³/mol. The fourth-order valence-electron chi connectivity index (χ4n) is 2.65. The molecule has 0 atom stereocenters. The summed E-state index contributed by atoms with van der Waals surface area (Å²) in [5, 5.41) is 2.94. The van der Waals surface area contributed by atoms with Crippen LogP contribution in [0.25, 0.3) is 0 Å². The van der Waals surface area contributed by atoms with Crippen LogP contribution < -0.4 is 14.8 Å². The molecule has 3 rings (SSSR count). The van der Waals surface area contributed by atoms with Gasteiger partial charge in [0.15, 0.2) is 11.5 Å². The van der Waals surface area contributed by atoms with Crippen LogP contribution in [-0.2, 0) is 17.9 Å². The van der Waals surface area contributed by atoms with Crippen LogP contribution >= 0.6 is 11.8 Å². The first kappa shape index (κ1) is 17.6. The zero-order chi connectivity index (χ0) is 17.6. The highest BCUT2D eigenvalue weighted by molar-refractivity contribution is 7.98. The van der Waals surface area contributed by atoms with Gasteiger partial charge in [-0.1, -0.05) is 18.2 Å². The van der Waals surface area contributed by atoms with Crippen molar-refractivity contribution in [1.29, 1.82) is 0 Å². The Balaban J connectivity index is 1.45. The Labute approximate surface area is 152 Å². The van der Waals surface area contributed by atoms with Crippen molar-refractivity contribution in [2.45, 2.75) is 18.0 Å². The monoisotopic (exact) mass is 358 g/mol. The van der Waals surface area contributed by atoms with Gasteiger partial charge in [0.25, 0.3) is 0 Å². The Kier molecular flexibility index (Phi) is 5.83. The molecule has 1 amide bonds.